The van der Waals surface area contributed by atoms with Crippen molar-refractivity contribution in [3.8, 4) is 0 Å². The standard InChI is InChI=1S/C14H20O9S.Au/c1-6(15)19-5-10-11(20-7(2)16)12(21-8(3)17)13(14(24)23-10)22-9(4)18;/h10-14,24H,5H2,1-4H3;/q;+1/p-1/t10?,11-,12+,13?,14+;/m1./s1. The van der Waals surface area contributed by atoms with Gasteiger partial charge in [-0.15, -0.1) is 0 Å². The van der Waals surface area contributed by atoms with Crippen molar-refractivity contribution < 1.29 is 65.2 Å². The van der Waals surface area contributed by atoms with E-state index in [0.29, 0.717) is 0 Å². The van der Waals surface area contributed by atoms with Gasteiger partial charge < -0.3 is 36.3 Å². The molecule has 1 rings (SSSR count). The van der Waals surface area contributed by atoms with E-state index in [9.17, 15) is 19.2 Å². The molecule has 5 atom stereocenters. The Morgan fingerprint density at radius 1 is 0.800 bits per heavy atom. The van der Waals surface area contributed by atoms with Gasteiger partial charge in [0.2, 0.25) is 0 Å². The minimum Gasteiger partial charge on any atom is -0.757 e. The second-order valence-corrected chi connectivity index (χ2v) is 5.53. The van der Waals surface area contributed by atoms with E-state index in [4.69, 9.17) is 36.3 Å². The van der Waals surface area contributed by atoms with Gasteiger partial charge in [0, 0.05) is 27.7 Å². The van der Waals surface area contributed by atoms with Crippen LogP contribution in [0.25, 0.3) is 0 Å². The maximum atomic E-state index is 11.4. The van der Waals surface area contributed by atoms with Crippen molar-refractivity contribution in [1.29, 1.82) is 0 Å². The first kappa shape index (κ1) is 23.9. The van der Waals surface area contributed by atoms with E-state index in [1.165, 1.54) is 6.92 Å². The van der Waals surface area contributed by atoms with Crippen LogP contribution in [0, 0.1) is 0 Å². The Morgan fingerprint density at radius 3 is 1.68 bits per heavy atom. The molecule has 25 heavy (non-hydrogen) atoms. The molecular weight excluding hydrogens is 541 g/mol. The smallest absolute Gasteiger partial charge is 0.757 e. The first-order valence-corrected chi connectivity index (χ1v) is 7.55. The molecule has 0 N–H and O–H groups in total. The zero-order chi connectivity index (χ0) is 18.4. The molecule has 0 aromatic heterocycles. The Bertz CT molecular complexity index is 513. The number of rotatable bonds is 5. The van der Waals surface area contributed by atoms with Crippen LogP contribution in [-0.2, 0) is 77.9 Å². The second-order valence-electron chi connectivity index (χ2n) is 5.07. The molecule has 0 aromatic rings. The van der Waals surface area contributed by atoms with Crippen molar-refractivity contribution in [1.82, 2.24) is 0 Å². The SMILES string of the molecule is CC(=O)OCC1O[C@@H]([S-])C(OC(C)=O)[C@@H](OC(C)=O)[C@@H]1OC(C)=O.[Au+]. The summed E-state index contributed by atoms with van der Waals surface area (Å²) in [5.41, 5.74) is -1.09. The van der Waals surface area contributed by atoms with Gasteiger partial charge in [-0.25, -0.2) is 0 Å². The predicted molar refractivity (Wildman–Crippen MR) is 79.3 cm³/mol. The monoisotopic (exact) mass is 560 g/mol. The molecule has 1 aliphatic rings. The van der Waals surface area contributed by atoms with Gasteiger partial charge in [-0.2, -0.15) is 0 Å². The molecule has 1 heterocycles. The van der Waals surface area contributed by atoms with Crippen molar-refractivity contribution >= 4 is 36.5 Å². The summed E-state index contributed by atoms with van der Waals surface area (Å²) >= 11 is 5.11. The van der Waals surface area contributed by atoms with E-state index in [1.54, 1.807) is 0 Å². The molecule has 1 fully saturated rings. The maximum Gasteiger partial charge on any atom is 1.00 e. The Labute approximate surface area is 165 Å². The van der Waals surface area contributed by atoms with Crippen LogP contribution >= 0.6 is 0 Å². The number of carbonyl (C=O) groups is 4. The number of carbonyl (C=O) groups excluding carboxylic acids is 4. The Kier molecular flexibility index (Phi) is 10.4. The Hall–Kier alpha value is -1.07. The van der Waals surface area contributed by atoms with Gasteiger partial charge in [0.1, 0.15) is 18.8 Å². The van der Waals surface area contributed by atoms with Crippen LogP contribution in [-0.4, -0.2) is 60.3 Å². The fourth-order valence-electron chi connectivity index (χ4n) is 2.19. The molecule has 0 aliphatic carbocycles. The van der Waals surface area contributed by atoms with Gasteiger partial charge >= 0.3 is 46.3 Å². The number of ether oxygens (including phenoxy) is 5. The van der Waals surface area contributed by atoms with E-state index in [2.05, 4.69) is 0 Å². The molecule has 0 radical (unpaired) electrons. The van der Waals surface area contributed by atoms with E-state index >= 15 is 0 Å². The van der Waals surface area contributed by atoms with Crippen LogP contribution in [0.1, 0.15) is 27.7 Å². The molecule has 0 spiro atoms. The number of esters is 4. The van der Waals surface area contributed by atoms with Gasteiger partial charge in [-0.3, -0.25) is 19.2 Å². The summed E-state index contributed by atoms with van der Waals surface area (Å²) in [5, 5.41) is 0. The normalized spacial score (nSPS) is 28.1. The summed E-state index contributed by atoms with van der Waals surface area (Å²) in [5.74, 6) is -2.62. The molecule has 11 heteroatoms. The molecular formula is C14H19AuO9S. The second kappa shape index (κ2) is 10.8. The van der Waals surface area contributed by atoms with Crippen LogP contribution in [0.2, 0.25) is 0 Å². The van der Waals surface area contributed by atoms with Gasteiger partial charge in [0.05, 0.1) is 0 Å². The topological polar surface area (TPSA) is 114 Å². The molecule has 0 amide bonds. The third-order valence-corrected chi connectivity index (χ3v) is 3.33. The molecule has 1 aliphatic heterocycles. The van der Waals surface area contributed by atoms with Crippen molar-refractivity contribution in [3.63, 3.8) is 0 Å². The predicted octanol–water partition coefficient (Wildman–Crippen LogP) is -0.386. The van der Waals surface area contributed by atoms with Crippen LogP contribution in [0.4, 0.5) is 0 Å². The van der Waals surface area contributed by atoms with Gasteiger partial charge in [0.15, 0.2) is 12.2 Å². The van der Waals surface area contributed by atoms with Crippen LogP contribution in [0.5, 0.6) is 0 Å². The largest absolute Gasteiger partial charge is 1.00 e. The van der Waals surface area contributed by atoms with Gasteiger partial charge in [0.25, 0.3) is 0 Å². The zero-order valence-corrected chi connectivity index (χ0v) is 17.0. The minimum absolute atomic E-state index is 0. The van der Waals surface area contributed by atoms with E-state index in [1.807, 2.05) is 0 Å². The van der Waals surface area contributed by atoms with Crippen molar-refractivity contribution in [2.45, 2.75) is 57.5 Å². The zero-order valence-electron chi connectivity index (χ0n) is 14.0. The maximum absolute atomic E-state index is 11.4. The summed E-state index contributed by atoms with van der Waals surface area (Å²) in [6, 6.07) is 0. The van der Waals surface area contributed by atoms with E-state index in [0.717, 1.165) is 20.8 Å². The third-order valence-electron chi connectivity index (χ3n) is 2.95. The molecule has 0 bridgehead atoms. The average molecular weight is 560 g/mol. The Morgan fingerprint density at radius 2 is 1.24 bits per heavy atom. The fourth-order valence-corrected chi connectivity index (χ4v) is 2.54. The first-order valence-electron chi connectivity index (χ1n) is 7.08. The van der Waals surface area contributed by atoms with Crippen LogP contribution in [0.15, 0.2) is 0 Å². The summed E-state index contributed by atoms with van der Waals surface area (Å²) < 4.78 is 25.7. The van der Waals surface area contributed by atoms with Crippen molar-refractivity contribution in [3.05, 3.63) is 0 Å². The molecule has 0 aromatic carbocycles. The molecule has 0 saturated carbocycles. The average Bonchev–Trinajstić information content (AvgIpc) is 2.42. The van der Waals surface area contributed by atoms with Gasteiger partial charge in [-0.1, -0.05) is 0 Å². The van der Waals surface area contributed by atoms with Gasteiger partial charge in [-0.05, 0) is 5.44 Å². The summed E-state index contributed by atoms with van der Waals surface area (Å²) in [7, 11) is 0. The first-order chi connectivity index (χ1) is 11.1. The van der Waals surface area contributed by atoms with Crippen LogP contribution < -0.4 is 0 Å². The van der Waals surface area contributed by atoms with Crippen molar-refractivity contribution in [2.75, 3.05) is 6.61 Å². The van der Waals surface area contributed by atoms with E-state index < -0.39 is 53.7 Å². The Balaban J connectivity index is 0.00000576. The fraction of sp³-hybridized carbons (Fsp3) is 0.714. The molecule has 2 unspecified atom stereocenters. The number of hydrogen-bond donors (Lipinski definition) is 0. The minimum atomic E-state index is -1.19. The summed E-state index contributed by atoms with van der Waals surface area (Å²) in [4.78, 5) is 45.0. The van der Waals surface area contributed by atoms with E-state index in [-0.39, 0.29) is 29.0 Å². The third kappa shape index (κ3) is 7.78. The quantitative estimate of drug-likeness (QED) is 0.191. The molecule has 9 nitrogen and oxygen atoms in total. The molecule has 146 valence electrons. The summed E-state index contributed by atoms with van der Waals surface area (Å²) in [6.45, 7) is 4.36. The summed E-state index contributed by atoms with van der Waals surface area (Å²) in [6.07, 6.45) is -4.47. The molecule has 1 saturated heterocycles. The van der Waals surface area contributed by atoms with Crippen molar-refractivity contribution in [2.24, 2.45) is 0 Å². The van der Waals surface area contributed by atoms with Crippen LogP contribution in [0.3, 0.4) is 0 Å². The number of hydrogen-bond acceptors (Lipinski definition) is 10.